The van der Waals surface area contributed by atoms with Gasteiger partial charge in [0, 0.05) is 18.6 Å². The largest absolute Gasteiger partial charge is 0.350 e. The first kappa shape index (κ1) is 18.8. The Balaban J connectivity index is 1.42. The molecule has 156 valence electrons. The molecular weight excluding hydrogens is 382 g/mol. The molecule has 1 aromatic carbocycles. The van der Waals surface area contributed by atoms with Crippen molar-refractivity contribution in [1.82, 2.24) is 25.1 Å². The Morgan fingerprint density at radius 2 is 1.90 bits per heavy atom. The van der Waals surface area contributed by atoms with Gasteiger partial charge in [-0.1, -0.05) is 30.3 Å². The SMILES string of the molecule is CC1(C(=O)NCc2ccccc2)Cn2cnc(C(=O)NC3CC3)c2C(=O)N1C1CC1. The standard InChI is InChI=1S/C22H25N5O3/c1-22(21(30)23-11-14-5-3-2-4-6-14)12-26-13-24-17(19(28)25-15-7-8-15)18(26)20(29)27(22)16-9-10-16/h2-6,13,15-16H,7-12H2,1H3,(H,23,30)(H,25,28). The Kier molecular flexibility index (Phi) is 4.38. The van der Waals surface area contributed by atoms with E-state index in [2.05, 4.69) is 15.6 Å². The summed E-state index contributed by atoms with van der Waals surface area (Å²) in [5.74, 6) is -0.804. The second-order valence-electron chi connectivity index (χ2n) is 8.67. The molecule has 1 unspecified atom stereocenters. The van der Waals surface area contributed by atoms with Crippen LogP contribution in [-0.4, -0.2) is 49.8 Å². The third kappa shape index (κ3) is 3.26. The van der Waals surface area contributed by atoms with E-state index in [-0.39, 0.29) is 47.7 Å². The lowest BCUT2D eigenvalue weighted by Crippen LogP contribution is -2.64. The zero-order valence-electron chi connectivity index (χ0n) is 16.9. The van der Waals surface area contributed by atoms with Gasteiger partial charge >= 0.3 is 0 Å². The van der Waals surface area contributed by atoms with Crippen molar-refractivity contribution < 1.29 is 14.4 Å². The maximum atomic E-state index is 13.5. The first-order valence-corrected chi connectivity index (χ1v) is 10.5. The Bertz CT molecular complexity index is 1010. The van der Waals surface area contributed by atoms with Crippen LogP contribution < -0.4 is 10.6 Å². The molecule has 1 atom stereocenters. The van der Waals surface area contributed by atoms with Gasteiger partial charge in [0.2, 0.25) is 5.91 Å². The summed E-state index contributed by atoms with van der Waals surface area (Å²) in [6, 6.07) is 9.89. The van der Waals surface area contributed by atoms with Gasteiger partial charge in [0.05, 0.1) is 12.9 Å². The predicted molar refractivity (Wildman–Crippen MR) is 109 cm³/mol. The van der Waals surface area contributed by atoms with Crippen molar-refractivity contribution in [2.24, 2.45) is 0 Å². The highest BCUT2D eigenvalue weighted by Gasteiger charge is 2.53. The van der Waals surface area contributed by atoms with Gasteiger partial charge in [0.25, 0.3) is 11.8 Å². The van der Waals surface area contributed by atoms with Gasteiger partial charge in [-0.2, -0.15) is 0 Å². The Hall–Kier alpha value is -3.16. The van der Waals surface area contributed by atoms with Crippen LogP contribution >= 0.6 is 0 Å². The van der Waals surface area contributed by atoms with Crippen LogP contribution in [0.25, 0.3) is 0 Å². The van der Waals surface area contributed by atoms with E-state index in [1.54, 1.807) is 16.4 Å². The normalized spacial score (nSPS) is 23.1. The fraction of sp³-hybridized carbons (Fsp3) is 0.455. The van der Waals surface area contributed by atoms with E-state index in [1.807, 2.05) is 30.3 Å². The summed E-state index contributed by atoms with van der Waals surface area (Å²) in [6.07, 6.45) is 5.16. The van der Waals surface area contributed by atoms with E-state index in [0.29, 0.717) is 6.54 Å². The van der Waals surface area contributed by atoms with E-state index in [9.17, 15) is 14.4 Å². The molecule has 2 aliphatic carbocycles. The highest BCUT2D eigenvalue weighted by molar-refractivity contribution is 6.07. The molecule has 2 N–H and O–H groups in total. The zero-order valence-corrected chi connectivity index (χ0v) is 16.9. The first-order valence-electron chi connectivity index (χ1n) is 10.5. The van der Waals surface area contributed by atoms with Crippen LogP contribution in [0.15, 0.2) is 36.7 Å². The summed E-state index contributed by atoms with van der Waals surface area (Å²) in [4.78, 5) is 45.2. The van der Waals surface area contributed by atoms with Crippen molar-refractivity contribution in [3.63, 3.8) is 0 Å². The van der Waals surface area contributed by atoms with E-state index >= 15 is 0 Å². The lowest BCUT2D eigenvalue weighted by Gasteiger charge is -2.44. The molecule has 2 heterocycles. The summed E-state index contributed by atoms with van der Waals surface area (Å²) in [5, 5.41) is 5.90. The topological polar surface area (TPSA) is 96.3 Å². The van der Waals surface area contributed by atoms with Crippen molar-refractivity contribution in [1.29, 1.82) is 0 Å². The van der Waals surface area contributed by atoms with Crippen LogP contribution in [0.2, 0.25) is 0 Å². The minimum absolute atomic E-state index is 0.0213. The molecule has 2 aromatic rings. The maximum absolute atomic E-state index is 13.5. The van der Waals surface area contributed by atoms with Crippen LogP contribution in [-0.2, 0) is 17.9 Å². The highest BCUT2D eigenvalue weighted by atomic mass is 16.2. The number of benzene rings is 1. The molecule has 8 heteroatoms. The van der Waals surface area contributed by atoms with Gasteiger partial charge in [-0.25, -0.2) is 4.98 Å². The van der Waals surface area contributed by atoms with Crippen LogP contribution in [0.5, 0.6) is 0 Å². The average Bonchev–Trinajstić information content (AvgIpc) is 3.67. The number of imidazole rings is 1. The van der Waals surface area contributed by atoms with Gasteiger partial charge < -0.3 is 20.1 Å². The van der Waals surface area contributed by atoms with Crippen LogP contribution in [0.4, 0.5) is 0 Å². The Morgan fingerprint density at radius 3 is 2.57 bits per heavy atom. The number of carbonyl (C=O) groups is 3. The molecule has 0 radical (unpaired) electrons. The molecule has 1 aliphatic heterocycles. The second kappa shape index (κ2) is 6.97. The average molecular weight is 407 g/mol. The number of aromatic nitrogens is 2. The number of fused-ring (bicyclic) bond motifs is 1. The number of nitrogens with zero attached hydrogens (tertiary/aromatic N) is 3. The summed E-state index contributed by atoms with van der Waals surface area (Å²) >= 11 is 0. The molecule has 3 aliphatic rings. The van der Waals surface area contributed by atoms with Crippen molar-refractivity contribution >= 4 is 17.7 Å². The minimum atomic E-state index is -1.04. The molecular formula is C22H25N5O3. The minimum Gasteiger partial charge on any atom is -0.350 e. The lowest BCUT2D eigenvalue weighted by molar-refractivity contribution is -0.133. The molecule has 30 heavy (non-hydrogen) atoms. The molecule has 1 aromatic heterocycles. The third-order valence-electron chi connectivity index (χ3n) is 6.09. The summed E-state index contributed by atoms with van der Waals surface area (Å²) < 4.78 is 1.66. The van der Waals surface area contributed by atoms with Crippen molar-refractivity contribution in [2.75, 3.05) is 0 Å². The summed E-state index contributed by atoms with van der Waals surface area (Å²) in [5.41, 5.74) is 0.403. The lowest BCUT2D eigenvalue weighted by atomic mass is 9.93. The van der Waals surface area contributed by atoms with Gasteiger partial charge in [-0.15, -0.1) is 0 Å². The first-order chi connectivity index (χ1) is 14.5. The number of nitrogens with one attached hydrogen (secondary N) is 2. The maximum Gasteiger partial charge on any atom is 0.274 e. The zero-order chi connectivity index (χ0) is 20.9. The molecule has 0 bridgehead atoms. The molecule has 0 saturated heterocycles. The van der Waals surface area contributed by atoms with Gasteiger partial charge in [0.15, 0.2) is 5.69 Å². The van der Waals surface area contributed by atoms with E-state index in [4.69, 9.17) is 0 Å². The van der Waals surface area contributed by atoms with E-state index in [0.717, 1.165) is 31.2 Å². The molecule has 0 spiro atoms. The fourth-order valence-electron chi connectivity index (χ4n) is 4.17. The van der Waals surface area contributed by atoms with Crippen molar-refractivity contribution in [2.45, 2.75) is 63.3 Å². The Labute approximate surface area is 174 Å². The quantitative estimate of drug-likeness (QED) is 0.758. The highest BCUT2D eigenvalue weighted by Crippen LogP contribution is 2.39. The van der Waals surface area contributed by atoms with Crippen LogP contribution in [0.1, 0.15) is 59.1 Å². The monoisotopic (exact) mass is 407 g/mol. The predicted octanol–water partition coefficient (Wildman–Crippen LogP) is 1.47. The number of hydrogen-bond acceptors (Lipinski definition) is 4. The number of carbonyl (C=O) groups excluding carboxylic acids is 3. The van der Waals surface area contributed by atoms with Gasteiger partial charge in [-0.05, 0) is 38.2 Å². The smallest absolute Gasteiger partial charge is 0.274 e. The van der Waals surface area contributed by atoms with E-state index in [1.165, 1.54) is 6.33 Å². The fourth-order valence-corrected chi connectivity index (χ4v) is 4.17. The Morgan fingerprint density at radius 1 is 1.17 bits per heavy atom. The van der Waals surface area contributed by atoms with Crippen LogP contribution in [0, 0.1) is 0 Å². The number of amides is 3. The van der Waals surface area contributed by atoms with Gasteiger partial charge in [0.1, 0.15) is 11.2 Å². The second-order valence-corrected chi connectivity index (χ2v) is 8.67. The van der Waals surface area contributed by atoms with Crippen LogP contribution in [0.3, 0.4) is 0 Å². The number of rotatable bonds is 6. The summed E-state index contributed by atoms with van der Waals surface area (Å²) in [7, 11) is 0. The molecule has 5 rings (SSSR count). The number of hydrogen-bond donors (Lipinski definition) is 2. The molecule has 2 saturated carbocycles. The molecule has 8 nitrogen and oxygen atoms in total. The third-order valence-corrected chi connectivity index (χ3v) is 6.09. The van der Waals surface area contributed by atoms with Crippen molar-refractivity contribution in [3.05, 3.63) is 53.6 Å². The van der Waals surface area contributed by atoms with Gasteiger partial charge in [-0.3, -0.25) is 14.4 Å². The summed E-state index contributed by atoms with van der Waals surface area (Å²) in [6.45, 7) is 2.47. The molecule has 2 fully saturated rings. The van der Waals surface area contributed by atoms with Crippen molar-refractivity contribution in [3.8, 4) is 0 Å². The molecule has 3 amide bonds. The van der Waals surface area contributed by atoms with E-state index < -0.39 is 5.54 Å².